The lowest BCUT2D eigenvalue weighted by Crippen LogP contribution is -2.46. The number of carbonyl (C=O) groups excluding carboxylic acids is 2. The minimum Gasteiger partial charge on any atom is -0.469 e. The first-order valence-electron chi connectivity index (χ1n) is 7.42. The maximum atomic E-state index is 12.0. The van der Waals surface area contributed by atoms with E-state index in [0.29, 0.717) is 0 Å². The number of hydrogen-bond donors (Lipinski definition) is 1. The quantitative estimate of drug-likeness (QED) is 0.684. The second-order valence-corrected chi connectivity index (χ2v) is 5.73. The Morgan fingerprint density at radius 2 is 1.91 bits per heavy atom. The van der Waals surface area contributed by atoms with E-state index >= 15 is 0 Å². The van der Waals surface area contributed by atoms with E-state index in [1.54, 1.807) is 0 Å². The fourth-order valence-electron chi connectivity index (χ4n) is 3.38. The molecule has 0 radical (unpaired) electrons. The minimum absolute atomic E-state index is 0.150. The summed E-state index contributed by atoms with van der Waals surface area (Å²) in [5.41, 5.74) is 0.926. The van der Waals surface area contributed by atoms with Crippen molar-refractivity contribution in [2.75, 3.05) is 7.11 Å². The van der Waals surface area contributed by atoms with Gasteiger partial charge in [0, 0.05) is 0 Å². The van der Waals surface area contributed by atoms with E-state index in [1.807, 2.05) is 36.4 Å². The highest BCUT2D eigenvalue weighted by molar-refractivity contribution is 5.77. The van der Waals surface area contributed by atoms with Gasteiger partial charge in [0.1, 0.15) is 6.61 Å². The molecule has 2 unspecified atom stereocenters. The van der Waals surface area contributed by atoms with E-state index in [9.17, 15) is 9.59 Å². The Kier molecular flexibility index (Phi) is 4.13. The second-order valence-electron chi connectivity index (χ2n) is 5.73. The third-order valence-corrected chi connectivity index (χ3v) is 4.43. The van der Waals surface area contributed by atoms with Gasteiger partial charge in [-0.2, -0.15) is 0 Å². The summed E-state index contributed by atoms with van der Waals surface area (Å²) >= 11 is 0. The number of ether oxygens (including phenoxy) is 2. The van der Waals surface area contributed by atoms with E-state index in [1.165, 1.54) is 7.11 Å². The van der Waals surface area contributed by atoms with Crippen molar-refractivity contribution in [3.63, 3.8) is 0 Å². The highest BCUT2D eigenvalue weighted by atomic mass is 16.5. The first-order chi connectivity index (χ1) is 10.7. The number of alkyl carbamates (subject to hydrolysis) is 1. The summed E-state index contributed by atoms with van der Waals surface area (Å²) in [6, 6.07) is 9.24. The normalized spacial score (nSPS) is 28.4. The maximum Gasteiger partial charge on any atom is 0.407 e. The molecule has 1 amide bonds. The topological polar surface area (TPSA) is 64.6 Å². The van der Waals surface area contributed by atoms with Crippen LogP contribution >= 0.6 is 0 Å². The largest absolute Gasteiger partial charge is 0.469 e. The van der Waals surface area contributed by atoms with Crippen LogP contribution in [0.1, 0.15) is 12.0 Å². The zero-order chi connectivity index (χ0) is 15.5. The number of benzene rings is 1. The maximum absolute atomic E-state index is 12.0. The Morgan fingerprint density at radius 1 is 1.18 bits per heavy atom. The molecule has 1 saturated carbocycles. The third kappa shape index (κ3) is 2.84. The van der Waals surface area contributed by atoms with Gasteiger partial charge >= 0.3 is 12.1 Å². The van der Waals surface area contributed by atoms with Crippen molar-refractivity contribution in [3.8, 4) is 0 Å². The average Bonchev–Trinajstić information content (AvgIpc) is 3.14. The summed E-state index contributed by atoms with van der Waals surface area (Å²) in [6.07, 6.45) is 4.48. The molecule has 4 atom stereocenters. The van der Waals surface area contributed by atoms with Crippen molar-refractivity contribution in [1.29, 1.82) is 0 Å². The summed E-state index contributed by atoms with van der Waals surface area (Å²) in [7, 11) is 1.38. The molecule has 1 aromatic rings. The van der Waals surface area contributed by atoms with E-state index in [0.717, 1.165) is 12.0 Å². The van der Waals surface area contributed by atoms with E-state index in [4.69, 9.17) is 9.47 Å². The standard InChI is InChI=1S/C17H19NO4/c1-21-16(19)14-12-7-8-13(9-12)15(14)18-17(20)22-10-11-5-3-2-4-6-11/h2-8,12-15H,9-10H2,1H3,(H,18,20)/t12-,13+,14?,15?/m0/s1. The van der Waals surface area contributed by atoms with Crippen LogP contribution in [0.15, 0.2) is 42.5 Å². The zero-order valence-corrected chi connectivity index (χ0v) is 12.4. The van der Waals surface area contributed by atoms with Crippen LogP contribution in [0.5, 0.6) is 0 Å². The summed E-state index contributed by atoms with van der Waals surface area (Å²) in [5, 5.41) is 2.83. The molecule has 2 aliphatic rings. The Hall–Kier alpha value is -2.30. The fourth-order valence-corrected chi connectivity index (χ4v) is 3.38. The van der Waals surface area contributed by atoms with Crippen LogP contribution in [0.25, 0.3) is 0 Å². The summed E-state index contributed by atoms with van der Waals surface area (Å²) in [4.78, 5) is 23.9. The van der Waals surface area contributed by atoms with Gasteiger partial charge in [-0.05, 0) is 23.8 Å². The number of amides is 1. The first-order valence-corrected chi connectivity index (χ1v) is 7.42. The van der Waals surface area contributed by atoms with Gasteiger partial charge in [-0.1, -0.05) is 42.5 Å². The van der Waals surface area contributed by atoms with Crippen LogP contribution in [0, 0.1) is 17.8 Å². The summed E-state index contributed by atoms with van der Waals surface area (Å²) < 4.78 is 10.1. The van der Waals surface area contributed by atoms with Crippen LogP contribution in [0.4, 0.5) is 4.79 Å². The van der Waals surface area contributed by atoms with Crippen LogP contribution < -0.4 is 5.32 Å². The highest BCUT2D eigenvalue weighted by Gasteiger charge is 2.49. The number of nitrogens with one attached hydrogen (secondary N) is 1. The molecule has 1 aromatic carbocycles. The molecule has 1 fully saturated rings. The molecular weight excluding hydrogens is 282 g/mol. The lowest BCUT2D eigenvalue weighted by Gasteiger charge is -2.26. The number of hydrogen-bond acceptors (Lipinski definition) is 4. The molecule has 2 bridgehead atoms. The van der Waals surface area contributed by atoms with Gasteiger partial charge in [0.2, 0.25) is 0 Å². The fraction of sp³-hybridized carbons (Fsp3) is 0.412. The van der Waals surface area contributed by atoms with Crippen molar-refractivity contribution in [3.05, 3.63) is 48.0 Å². The van der Waals surface area contributed by atoms with Crippen molar-refractivity contribution in [2.24, 2.45) is 17.8 Å². The molecule has 5 heteroatoms. The predicted octanol–water partition coefficient (Wildman–Crippen LogP) is 2.28. The Morgan fingerprint density at radius 3 is 2.64 bits per heavy atom. The van der Waals surface area contributed by atoms with Crippen LogP contribution in [0.3, 0.4) is 0 Å². The van der Waals surface area contributed by atoms with Gasteiger partial charge in [0.25, 0.3) is 0 Å². The average molecular weight is 301 g/mol. The van der Waals surface area contributed by atoms with Gasteiger partial charge in [0.15, 0.2) is 0 Å². The highest BCUT2D eigenvalue weighted by Crippen LogP contribution is 2.44. The minimum atomic E-state index is -0.497. The number of carbonyl (C=O) groups is 2. The predicted molar refractivity (Wildman–Crippen MR) is 79.8 cm³/mol. The second kappa shape index (κ2) is 6.22. The number of allylic oxidation sites excluding steroid dienone is 1. The van der Waals surface area contributed by atoms with Gasteiger partial charge in [-0.25, -0.2) is 4.79 Å². The zero-order valence-electron chi connectivity index (χ0n) is 12.4. The van der Waals surface area contributed by atoms with Gasteiger partial charge in [-0.15, -0.1) is 0 Å². The molecule has 3 rings (SSSR count). The number of methoxy groups -OCH3 is 1. The first kappa shape index (κ1) is 14.6. The molecular formula is C17H19NO4. The van der Waals surface area contributed by atoms with Crippen LogP contribution in [-0.2, 0) is 20.9 Å². The van der Waals surface area contributed by atoms with Crippen molar-refractivity contribution in [1.82, 2.24) is 5.32 Å². The van der Waals surface area contributed by atoms with E-state index < -0.39 is 6.09 Å². The Bertz CT molecular complexity index is 584. The van der Waals surface area contributed by atoms with E-state index in [2.05, 4.69) is 11.4 Å². The molecule has 22 heavy (non-hydrogen) atoms. The number of esters is 1. The summed E-state index contributed by atoms with van der Waals surface area (Å²) in [6.45, 7) is 0.215. The lowest BCUT2D eigenvalue weighted by molar-refractivity contribution is -0.147. The molecule has 116 valence electrons. The molecule has 1 N–H and O–H groups in total. The lowest BCUT2D eigenvalue weighted by atomic mass is 9.89. The van der Waals surface area contributed by atoms with Crippen molar-refractivity contribution in [2.45, 2.75) is 19.1 Å². The smallest absolute Gasteiger partial charge is 0.407 e. The van der Waals surface area contributed by atoms with Gasteiger partial charge in [0.05, 0.1) is 19.1 Å². The van der Waals surface area contributed by atoms with E-state index in [-0.39, 0.29) is 36.4 Å². The third-order valence-electron chi connectivity index (χ3n) is 4.43. The SMILES string of the molecule is COC(=O)C1C(NC(=O)OCc2ccccc2)[C@@H]2C=C[C@H]1C2. The molecule has 5 nitrogen and oxygen atoms in total. The molecule has 0 saturated heterocycles. The van der Waals surface area contributed by atoms with Gasteiger partial charge in [-0.3, -0.25) is 4.79 Å². The van der Waals surface area contributed by atoms with Crippen molar-refractivity contribution < 1.29 is 19.1 Å². The Labute approximate surface area is 129 Å². The Balaban J connectivity index is 1.58. The molecule has 2 aliphatic carbocycles. The molecule has 0 aromatic heterocycles. The van der Waals surface area contributed by atoms with Gasteiger partial charge < -0.3 is 14.8 Å². The molecule has 0 spiro atoms. The number of rotatable bonds is 4. The van der Waals surface area contributed by atoms with Crippen molar-refractivity contribution >= 4 is 12.1 Å². The monoisotopic (exact) mass is 301 g/mol. The van der Waals surface area contributed by atoms with Crippen LogP contribution in [-0.4, -0.2) is 25.2 Å². The molecule has 0 aliphatic heterocycles. The molecule has 0 heterocycles. The summed E-state index contributed by atoms with van der Waals surface area (Å²) in [5.74, 6) is -0.260. The van der Waals surface area contributed by atoms with Crippen LogP contribution in [0.2, 0.25) is 0 Å². The number of fused-ring (bicyclic) bond motifs is 2.